The first kappa shape index (κ1) is 10.9. The van der Waals surface area contributed by atoms with Crippen LogP contribution in [-0.2, 0) is 0 Å². The summed E-state index contributed by atoms with van der Waals surface area (Å²) in [5.74, 6) is -0.840. The van der Waals surface area contributed by atoms with E-state index in [1.165, 1.54) is 0 Å². The average Bonchev–Trinajstić information content (AvgIpc) is 2.45. The van der Waals surface area contributed by atoms with Gasteiger partial charge in [0.25, 0.3) is 0 Å². The molecule has 0 bridgehead atoms. The number of likely N-dealkylation sites (N-methyl/N-ethyl adjacent to an activating group) is 1. The van der Waals surface area contributed by atoms with Crippen molar-refractivity contribution < 1.29 is 9.90 Å². The molecule has 1 aliphatic heterocycles. The Balaban J connectivity index is 2.18. The van der Waals surface area contributed by atoms with Crippen LogP contribution in [0, 0.1) is 3.57 Å². The van der Waals surface area contributed by atoms with Crippen LogP contribution in [-0.4, -0.2) is 40.2 Å². The Morgan fingerprint density at radius 2 is 2.33 bits per heavy atom. The molecule has 2 heterocycles. The zero-order valence-corrected chi connectivity index (χ0v) is 10.6. The second kappa shape index (κ2) is 4.13. The van der Waals surface area contributed by atoms with Gasteiger partial charge in [-0.15, -0.1) is 0 Å². The molecule has 0 aliphatic carbocycles. The number of rotatable bonds is 3. The summed E-state index contributed by atoms with van der Waals surface area (Å²) in [6.07, 6.45) is 1.92. The van der Waals surface area contributed by atoms with Crippen LogP contribution in [0.5, 0.6) is 0 Å². The highest BCUT2D eigenvalue weighted by Gasteiger charge is 2.29. The Morgan fingerprint density at radius 3 is 2.87 bits per heavy atom. The maximum absolute atomic E-state index is 11.0. The van der Waals surface area contributed by atoms with Gasteiger partial charge in [0.15, 0.2) is 0 Å². The maximum atomic E-state index is 11.0. The predicted octanol–water partition coefficient (Wildman–Crippen LogP) is 1.67. The van der Waals surface area contributed by atoms with E-state index in [9.17, 15) is 4.79 Å². The van der Waals surface area contributed by atoms with Crippen LogP contribution in [0.3, 0.4) is 0 Å². The Labute approximate surface area is 102 Å². The summed E-state index contributed by atoms with van der Waals surface area (Å²) >= 11 is 2.15. The molecule has 15 heavy (non-hydrogen) atoms. The first-order chi connectivity index (χ1) is 7.11. The SMILES string of the molecule is CCN1CC(n2cc(I)cc2C(=O)O)C1. The summed E-state index contributed by atoms with van der Waals surface area (Å²) in [6, 6.07) is 2.05. The summed E-state index contributed by atoms with van der Waals surface area (Å²) in [5.41, 5.74) is 0.403. The van der Waals surface area contributed by atoms with E-state index in [1.807, 2.05) is 10.8 Å². The summed E-state index contributed by atoms with van der Waals surface area (Å²) in [6.45, 7) is 5.08. The average molecular weight is 320 g/mol. The molecular weight excluding hydrogens is 307 g/mol. The minimum atomic E-state index is -0.840. The predicted molar refractivity (Wildman–Crippen MR) is 65.3 cm³/mol. The molecule has 1 aromatic rings. The van der Waals surface area contributed by atoms with Gasteiger partial charge in [0.05, 0.1) is 6.04 Å². The summed E-state index contributed by atoms with van der Waals surface area (Å²) in [5, 5.41) is 9.03. The molecule has 1 N–H and O–H groups in total. The Bertz CT molecular complexity index is 383. The second-order valence-corrected chi connectivity index (χ2v) is 5.01. The molecule has 0 spiro atoms. The molecule has 1 aromatic heterocycles. The van der Waals surface area contributed by atoms with Gasteiger partial charge in [-0.3, -0.25) is 4.90 Å². The topological polar surface area (TPSA) is 45.5 Å². The van der Waals surface area contributed by atoms with Crippen molar-refractivity contribution in [1.29, 1.82) is 0 Å². The van der Waals surface area contributed by atoms with Gasteiger partial charge in [-0.25, -0.2) is 4.79 Å². The number of carboxylic acids is 1. The quantitative estimate of drug-likeness (QED) is 0.862. The van der Waals surface area contributed by atoms with E-state index < -0.39 is 5.97 Å². The Kier molecular flexibility index (Phi) is 3.01. The van der Waals surface area contributed by atoms with E-state index in [1.54, 1.807) is 6.07 Å². The maximum Gasteiger partial charge on any atom is 0.352 e. The zero-order chi connectivity index (χ0) is 11.0. The lowest BCUT2D eigenvalue weighted by Crippen LogP contribution is -2.47. The smallest absolute Gasteiger partial charge is 0.352 e. The van der Waals surface area contributed by atoms with Crippen LogP contribution < -0.4 is 0 Å². The lowest BCUT2D eigenvalue weighted by Gasteiger charge is -2.39. The normalized spacial score (nSPS) is 17.7. The van der Waals surface area contributed by atoms with Gasteiger partial charge < -0.3 is 9.67 Å². The van der Waals surface area contributed by atoms with Crippen molar-refractivity contribution in [2.24, 2.45) is 0 Å². The van der Waals surface area contributed by atoms with Gasteiger partial charge in [-0.2, -0.15) is 0 Å². The van der Waals surface area contributed by atoms with Crippen LogP contribution in [0.4, 0.5) is 0 Å². The molecule has 1 aliphatic rings. The number of hydrogen-bond acceptors (Lipinski definition) is 2. The molecule has 0 atom stereocenters. The monoisotopic (exact) mass is 320 g/mol. The van der Waals surface area contributed by atoms with Crippen LogP contribution in [0.15, 0.2) is 12.3 Å². The van der Waals surface area contributed by atoms with Crippen LogP contribution >= 0.6 is 22.6 Å². The standard InChI is InChI=1S/C10H13IN2O2/c1-2-12-5-8(6-12)13-4-7(11)3-9(13)10(14)15/h3-4,8H,2,5-6H2,1H3,(H,14,15). The van der Waals surface area contributed by atoms with Gasteiger partial charge in [0, 0.05) is 22.9 Å². The number of aromatic nitrogens is 1. The first-order valence-electron chi connectivity index (χ1n) is 4.95. The fourth-order valence-electron chi connectivity index (χ4n) is 1.90. The molecular formula is C10H13IN2O2. The number of halogens is 1. The number of hydrogen-bond donors (Lipinski definition) is 1. The lowest BCUT2D eigenvalue weighted by atomic mass is 10.1. The third-order valence-electron chi connectivity index (χ3n) is 2.81. The van der Waals surface area contributed by atoms with Gasteiger partial charge in [-0.1, -0.05) is 6.92 Å². The summed E-state index contributed by atoms with van der Waals surface area (Å²) < 4.78 is 2.87. The molecule has 0 aromatic carbocycles. The van der Waals surface area contributed by atoms with E-state index in [4.69, 9.17) is 5.11 Å². The summed E-state index contributed by atoms with van der Waals surface area (Å²) in [7, 11) is 0. The fourth-order valence-corrected chi connectivity index (χ4v) is 2.49. The number of aromatic carboxylic acids is 1. The molecule has 2 rings (SSSR count). The molecule has 82 valence electrons. The van der Waals surface area contributed by atoms with Crippen molar-refractivity contribution >= 4 is 28.6 Å². The molecule has 5 heteroatoms. The van der Waals surface area contributed by atoms with E-state index in [0.29, 0.717) is 11.7 Å². The number of likely N-dealkylation sites (tertiary alicyclic amines) is 1. The van der Waals surface area contributed by atoms with Crippen molar-refractivity contribution in [3.05, 3.63) is 21.5 Å². The molecule has 1 fully saturated rings. The highest BCUT2D eigenvalue weighted by Crippen LogP contribution is 2.24. The van der Waals surface area contributed by atoms with E-state index in [0.717, 1.165) is 23.2 Å². The molecule has 0 saturated carbocycles. The Hall–Kier alpha value is -0.560. The van der Waals surface area contributed by atoms with Crippen LogP contribution in [0.2, 0.25) is 0 Å². The van der Waals surface area contributed by atoms with Gasteiger partial charge in [0.2, 0.25) is 0 Å². The Morgan fingerprint density at radius 1 is 1.67 bits per heavy atom. The molecule has 4 nitrogen and oxygen atoms in total. The lowest BCUT2D eigenvalue weighted by molar-refractivity contribution is 0.0657. The zero-order valence-electron chi connectivity index (χ0n) is 8.48. The van der Waals surface area contributed by atoms with Crippen molar-refractivity contribution in [2.45, 2.75) is 13.0 Å². The summed E-state index contributed by atoms with van der Waals surface area (Å²) in [4.78, 5) is 13.3. The third-order valence-corrected chi connectivity index (χ3v) is 3.40. The second-order valence-electron chi connectivity index (χ2n) is 3.76. The number of nitrogens with zero attached hydrogens (tertiary/aromatic N) is 2. The van der Waals surface area contributed by atoms with Crippen molar-refractivity contribution in [2.75, 3.05) is 19.6 Å². The van der Waals surface area contributed by atoms with Gasteiger partial charge in [0.1, 0.15) is 5.69 Å². The van der Waals surface area contributed by atoms with E-state index in [2.05, 4.69) is 34.4 Å². The van der Waals surface area contributed by atoms with Crippen molar-refractivity contribution in [1.82, 2.24) is 9.47 Å². The van der Waals surface area contributed by atoms with Gasteiger partial charge in [-0.05, 0) is 35.2 Å². The van der Waals surface area contributed by atoms with Crippen LogP contribution in [0.25, 0.3) is 0 Å². The largest absolute Gasteiger partial charge is 0.477 e. The van der Waals surface area contributed by atoms with E-state index in [-0.39, 0.29) is 0 Å². The molecule has 0 unspecified atom stereocenters. The molecule has 0 radical (unpaired) electrons. The van der Waals surface area contributed by atoms with E-state index >= 15 is 0 Å². The number of carboxylic acid groups (broad SMARTS) is 1. The number of carbonyl (C=O) groups is 1. The van der Waals surface area contributed by atoms with Gasteiger partial charge >= 0.3 is 5.97 Å². The minimum Gasteiger partial charge on any atom is -0.477 e. The molecule has 1 saturated heterocycles. The highest BCUT2D eigenvalue weighted by molar-refractivity contribution is 14.1. The molecule has 0 amide bonds. The highest BCUT2D eigenvalue weighted by atomic mass is 127. The van der Waals surface area contributed by atoms with Crippen LogP contribution in [0.1, 0.15) is 23.5 Å². The van der Waals surface area contributed by atoms with Crippen molar-refractivity contribution in [3.8, 4) is 0 Å². The minimum absolute atomic E-state index is 0.333. The van der Waals surface area contributed by atoms with Crippen molar-refractivity contribution in [3.63, 3.8) is 0 Å². The third kappa shape index (κ3) is 2.03. The first-order valence-corrected chi connectivity index (χ1v) is 6.02. The fraction of sp³-hybridized carbons (Fsp3) is 0.500.